The van der Waals surface area contributed by atoms with Gasteiger partial charge in [-0.2, -0.15) is 0 Å². The van der Waals surface area contributed by atoms with Crippen molar-refractivity contribution in [1.82, 2.24) is 5.32 Å². The van der Waals surface area contributed by atoms with Crippen LogP contribution in [0.3, 0.4) is 0 Å². The number of ether oxygens (including phenoxy) is 1. The first-order chi connectivity index (χ1) is 9.86. The first kappa shape index (κ1) is 16.6. The predicted octanol–water partition coefficient (Wildman–Crippen LogP) is 3.34. The van der Waals surface area contributed by atoms with E-state index in [1.807, 2.05) is 0 Å². The minimum atomic E-state index is -0.165. The van der Waals surface area contributed by atoms with Crippen LogP contribution in [0.15, 0.2) is 18.2 Å². The second-order valence-electron chi connectivity index (χ2n) is 5.86. The molecule has 0 spiro atoms. The van der Waals surface area contributed by atoms with E-state index in [4.69, 9.17) is 27.9 Å². The molecule has 2 unspecified atom stereocenters. The molecule has 1 aliphatic carbocycles. The van der Waals surface area contributed by atoms with Crippen LogP contribution in [0.2, 0.25) is 10.0 Å². The van der Waals surface area contributed by atoms with Crippen molar-refractivity contribution in [2.24, 2.45) is 5.41 Å². The Labute approximate surface area is 135 Å². The van der Waals surface area contributed by atoms with Crippen LogP contribution in [0.1, 0.15) is 20.3 Å². The number of para-hydroxylation sites is 1. The number of methoxy groups -OCH3 is 1. The van der Waals surface area contributed by atoms with Crippen LogP contribution in [0.25, 0.3) is 0 Å². The quantitative estimate of drug-likeness (QED) is 0.870. The molecule has 1 aromatic carbocycles. The Balaban J connectivity index is 1.87. The van der Waals surface area contributed by atoms with Gasteiger partial charge < -0.3 is 15.4 Å². The molecule has 1 amide bonds. The fourth-order valence-electron chi connectivity index (χ4n) is 2.65. The van der Waals surface area contributed by atoms with Gasteiger partial charge in [0.15, 0.2) is 0 Å². The van der Waals surface area contributed by atoms with Crippen LogP contribution in [-0.4, -0.2) is 31.7 Å². The molecule has 21 heavy (non-hydrogen) atoms. The van der Waals surface area contributed by atoms with Crippen molar-refractivity contribution in [1.29, 1.82) is 0 Å². The molecule has 0 saturated heterocycles. The first-order valence-corrected chi connectivity index (χ1v) is 7.62. The van der Waals surface area contributed by atoms with E-state index in [2.05, 4.69) is 24.5 Å². The van der Waals surface area contributed by atoms with Crippen molar-refractivity contribution in [2.75, 3.05) is 19.0 Å². The number of anilines is 1. The lowest BCUT2D eigenvalue weighted by Gasteiger charge is -2.51. The monoisotopic (exact) mass is 330 g/mol. The second-order valence-corrected chi connectivity index (χ2v) is 6.67. The van der Waals surface area contributed by atoms with E-state index < -0.39 is 0 Å². The van der Waals surface area contributed by atoms with Gasteiger partial charge in [-0.05, 0) is 18.6 Å². The normalized spacial score (nSPS) is 23.5. The third-order valence-corrected chi connectivity index (χ3v) is 4.83. The fraction of sp³-hybridized carbons (Fsp3) is 0.533. The van der Waals surface area contributed by atoms with Crippen LogP contribution < -0.4 is 10.6 Å². The fourth-order valence-corrected chi connectivity index (χ4v) is 3.14. The molecule has 0 bridgehead atoms. The number of halogens is 2. The molecule has 1 aliphatic rings. The SMILES string of the molecule is COC1CC(NCC(=O)Nc2c(Cl)cccc2Cl)C1(C)C. The zero-order valence-electron chi connectivity index (χ0n) is 12.4. The molecular weight excluding hydrogens is 311 g/mol. The van der Waals surface area contributed by atoms with E-state index in [0.29, 0.717) is 15.7 Å². The van der Waals surface area contributed by atoms with Gasteiger partial charge in [0, 0.05) is 18.6 Å². The summed E-state index contributed by atoms with van der Waals surface area (Å²) >= 11 is 12.0. The molecule has 0 aliphatic heterocycles. The number of hydrogen-bond acceptors (Lipinski definition) is 3. The Hall–Kier alpha value is -0.810. The largest absolute Gasteiger partial charge is 0.381 e. The smallest absolute Gasteiger partial charge is 0.238 e. The van der Waals surface area contributed by atoms with E-state index in [9.17, 15) is 4.79 Å². The molecule has 2 N–H and O–H groups in total. The van der Waals surface area contributed by atoms with Gasteiger partial charge in [-0.15, -0.1) is 0 Å². The molecule has 2 atom stereocenters. The van der Waals surface area contributed by atoms with Crippen LogP contribution in [0, 0.1) is 5.41 Å². The summed E-state index contributed by atoms with van der Waals surface area (Å²) in [6.07, 6.45) is 1.14. The predicted molar refractivity (Wildman–Crippen MR) is 86.1 cm³/mol. The highest BCUT2D eigenvalue weighted by Gasteiger charge is 2.48. The number of benzene rings is 1. The summed E-state index contributed by atoms with van der Waals surface area (Å²) in [4.78, 5) is 12.0. The Kier molecular flexibility index (Phi) is 5.15. The molecular formula is C15H20Cl2N2O2. The molecule has 1 fully saturated rings. The van der Waals surface area contributed by atoms with E-state index in [-0.39, 0.29) is 30.0 Å². The molecule has 116 valence electrons. The summed E-state index contributed by atoms with van der Waals surface area (Å²) in [5.41, 5.74) is 0.479. The van der Waals surface area contributed by atoms with Crippen molar-refractivity contribution < 1.29 is 9.53 Å². The van der Waals surface area contributed by atoms with Crippen molar-refractivity contribution in [3.8, 4) is 0 Å². The highest BCUT2D eigenvalue weighted by atomic mass is 35.5. The maximum absolute atomic E-state index is 12.0. The molecule has 2 rings (SSSR count). The molecule has 1 aromatic rings. The summed E-state index contributed by atoms with van der Waals surface area (Å²) in [6, 6.07) is 5.37. The number of carbonyl (C=O) groups excluding carboxylic acids is 1. The number of nitrogens with one attached hydrogen (secondary N) is 2. The van der Waals surface area contributed by atoms with E-state index >= 15 is 0 Å². The zero-order chi connectivity index (χ0) is 15.6. The molecule has 6 heteroatoms. The van der Waals surface area contributed by atoms with Crippen LogP contribution >= 0.6 is 23.2 Å². The van der Waals surface area contributed by atoms with Crippen molar-refractivity contribution in [3.63, 3.8) is 0 Å². The van der Waals surface area contributed by atoms with Gasteiger partial charge in [0.25, 0.3) is 0 Å². The molecule has 0 heterocycles. The summed E-state index contributed by atoms with van der Waals surface area (Å²) in [5, 5.41) is 6.85. The summed E-state index contributed by atoms with van der Waals surface area (Å²) in [5.74, 6) is -0.165. The minimum absolute atomic E-state index is 0.0249. The lowest BCUT2D eigenvalue weighted by atomic mass is 9.64. The lowest BCUT2D eigenvalue weighted by Crippen LogP contribution is -2.61. The summed E-state index contributed by atoms with van der Waals surface area (Å²) in [7, 11) is 1.72. The van der Waals surface area contributed by atoms with E-state index in [1.165, 1.54) is 0 Å². The maximum atomic E-state index is 12.0. The van der Waals surface area contributed by atoms with Gasteiger partial charge in [-0.1, -0.05) is 43.1 Å². The van der Waals surface area contributed by atoms with Gasteiger partial charge in [0.05, 0.1) is 28.4 Å². The van der Waals surface area contributed by atoms with E-state index in [0.717, 1.165) is 6.42 Å². The van der Waals surface area contributed by atoms with Crippen LogP contribution in [-0.2, 0) is 9.53 Å². The minimum Gasteiger partial charge on any atom is -0.381 e. The Morgan fingerprint density at radius 3 is 2.52 bits per heavy atom. The van der Waals surface area contributed by atoms with Gasteiger partial charge in [-0.3, -0.25) is 4.79 Å². The Bertz CT molecular complexity index is 514. The van der Waals surface area contributed by atoms with Gasteiger partial charge >= 0.3 is 0 Å². The summed E-state index contributed by atoms with van der Waals surface area (Å²) < 4.78 is 5.39. The topological polar surface area (TPSA) is 50.4 Å². The highest BCUT2D eigenvalue weighted by Crippen LogP contribution is 2.42. The standard InChI is InChI=1S/C15H20Cl2N2O2/c1-15(2)11(7-12(15)21-3)18-8-13(20)19-14-9(16)5-4-6-10(14)17/h4-6,11-12,18H,7-8H2,1-3H3,(H,19,20). The van der Waals surface area contributed by atoms with Crippen molar-refractivity contribution in [2.45, 2.75) is 32.4 Å². The third-order valence-electron chi connectivity index (χ3n) is 4.20. The molecule has 0 aromatic heterocycles. The van der Waals surface area contributed by atoms with Crippen molar-refractivity contribution >= 4 is 34.8 Å². The van der Waals surface area contributed by atoms with Crippen LogP contribution in [0.5, 0.6) is 0 Å². The third kappa shape index (κ3) is 3.51. The molecule has 4 nitrogen and oxygen atoms in total. The Morgan fingerprint density at radius 1 is 1.38 bits per heavy atom. The van der Waals surface area contributed by atoms with Gasteiger partial charge in [0.1, 0.15) is 0 Å². The number of hydrogen-bond donors (Lipinski definition) is 2. The van der Waals surface area contributed by atoms with Gasteiger partial charge in [0.2, 0.25) is 5.91 Å². The maximum Gasteiger partial charge on any atom is 0.238 e. The number of amides is 1. The summed E-state index contributed by atoms with van der Waals surface area (Å²) in [6.45, 7) is 4.47. The average molecular weight is 331 g/mol. The molecule has 0 radical (unpaired) electrons. The van der Waals surface area contributed by atoms with E-state index in [1.54, 1.807) is 25.3 Å². The first-order valence-electron chi connectivity index (χ1n) is 6.86. The van der Waals surface area contributed by atoms with Crippen LogP contribution in [0.4, 0.5) is 5.69 Å². The van der Waals surface area contributed by atoms with Crippen molar-refractivity contribution in [3.05, 3.63) is 28.2 Å². The lowest BCUT2D eigenvalue weighted by molar-refractivity contribution is -0.119. The second kappa shape index (κ2) is 6.53. The highest BCUT2D eigenvalue weighted by molar-refractivity contribution is 6.39. The number of carbonyl (C=O) groups is 1. The zero-order valence-corrected chi connectivity index (χ0v) is 13.9. The average Bonchev–Trinajstić information content (AvgIpc) is 2.42. The van der Waals surface area contributed by atoms with Gasteiger partial charge in [-0.25, -0.2) is 0 Å². The Morgan fingerprint density at radius 2 is 2.00 bits per heavy atom. The number of rotatable bonds is 5. The molecule has 1 saturated carbocycles.